The Bertz CT molecular complexity index is 1740. The number of aromatic amines is 1. The minimum Gasteiger partial charge on any atom is -0.478 e. The zero-order valence-electron chi connectivity index (χ0n) is 21.2. The average Bonchev–Trinajstić information content (AvgIpc) is 3.40. The maximum Gasteiger partial charge on any atom is 0.337 e. The van der Waals surface area contributed by atoms with Crippen molar-refractivity contribution < 1.29 is 19.5 Å². The van der Waals surface area contributed by atoms with Crippen LogP contribution in [0.1, 0.15) is 42.2 Å². The molecule has 0 bridgehead atoms. The summed E-state index contributed by atoms with van der Waals surface area (Å²) in [4.78, 5) is 45.5. The normalized spacial score (nSPS) is 10.9. The molecule has 4 N–H and O–H groups in total. The van der Waals surface area contributed by atoms with Crippen LogP contribution in [0.2, 0.25) is 5.02 Å². The number of imidazole rings is 1. The molecule has 0 unspecified atom stereocenters. The number of rotatable bonds is 8. The summed E-state index contributed by atoms with van der Waals surface area (Å²) in [6.07, 6.45) is 0. The summed E-state index contributed by atoms with van der Waals surface area (Å²) in [5, 5.41) is 15.6. The molecule has 4 aromatic carbocycles. The number of alkyl halides is 2. The highest BCUT2D eigenvalue weighted by atomic mass is 35.5. The van der Waals surface area contributed by atoms with Crippen molar-refractivity contribution in [3.8, 4) is 11.4 Å². The number of aromatic carboxylic acids is 1. The van der Waals surface area contributed by atoms with E-state index in [1.54, 1.807) is 48.5 Å². The van der Waals surface area contributed by atoms with Gasteiger partial charge >= 0.3 is 5.97 Å². The van der Waals surface area contributed by atoms with Crippen LogP contribution in [-0.2, 0) is 11.8 Å². The lowest BCUT2D eigenvalue weighted by Crippen LogP contribution is -2.17. The topological polar surface area (TPSA) is 124 Å². The predicted octanol–water partition coefficient (Wildman–Crippen LogP) is 7.56. The smallest absolute Gasteiger partial charge is 0.337 e. The molecule has 1 heterocycles. The first-order valence-electron chi connectivity index (χ1n) is 12.2. The highest BCUT2D eigenvalue weighted by molar-refractivity contribution is 6.30. The first kappa shape index (κ1) is 28.2. The zero-order valence-corrected chi connectivity index (χ0v) is 23.4. The van der Waals surface area contributed by atoms with Gasteiger partial charge < -0.3 is 20.7 Å². The lowest BCUT2D eigenvalue weighted by Gasteiger charge is -2.11. The highest BCUT2D eigenvalue weighted by Crippen LogP contribution is 2.26. The molecule has 41 heavy (non-hydrogen) atoms. The summed E-state index contributed by atoms with van der Waals surface area (Å²) in [5.74, 6) is -1.05. The maximum atomic E-state index is 13.0. The van der Waals surface area contributed by atoms with Crippen molar-refractivity contribution >= 4 is 75.0 Å². The van der Waals surface area contributed by atoms with Crippen LogP contribution in [0.3, 0.4) is 0 Å². The number of nitrogens with one attached hydrogen (secondary N) is 3. The Balaban J connectivity index is 1.32. The van der Waals surface area contributed by atoms with E-state index < -0.39 is 17.8 Å². The van der Waals surface area contributed by atoms with Gasteiger partial charge in [-0.05, 0) is 77.9 Å². The summed E-state index contributed by atoms with van der Waals surface area (Å²) in [6.45, 7) is 0. The molecule has 0 fully saturated rings. The van der Waals surface area contributed by atoms with E-state index in [1.165, 1.54) is 18.2 Å². The van der Waals surface area contributed by atoms with E-state index in [9.17, 15) is 19.5 Å². The van der Waals surface area contributed by atoms with Crippen LogP contribution in [0.5, 0.6) is 0 Å². The molecule has 0 saturated carbocycles. The quantitative estimate of drug-likeness (QED) is 0.136. The Hall–Kier alpha value is -4.37. The van der Waals surface area contributed by atoms with Crippen LogP contribution in [0.4, 0.5) is 11.4 Å². The fourth-order valence-corrected chi connectivity index (χ4v) is 4.84. The lowest BCUT2D eigenvalue weighted by molar-refractivity contribution is 0.0698. The molecular weight excluding hydrogens is 587 g/mol. The summed E-state index contributed by atoms with van der Waals surface area (Å²) in [7, 11) is 0. The number of hydrogen-bond donors (Lipinski definition) is 4. The molecule has 11 heteroatoms. The number of halogens is 3. The second-order valence-corrected chi connectivity index (χ2v) is 10.0. The van der Waals surface area contributed by atoms with E-state index in [2.05, 4.69) is 20.6 Å². The van der Waals surface area contributed by atoms with Gasteiger partial charge in [-0.3, -0.25) is 9.59 Å². The van der Waals surface area contributed by atoms with Crippen molar-refractivity contribution in [3.05, 3.63) is 112 Å². The van der Waals surface area contributed by atoms with Gasteiger partial charge in [0.1, 0.15) is 5.82 Å². The van der Waals surface area contributed by atoms with Gasteiger partial charge in [0.25, 0.3) is 11.8 Å². The molecule has 206 valence electrons. The molecule has 0 radical (unpaired) electrons. The largest absolute Gasteiger partial charge is 0.478 e. The Morgan fingerprint density at radius 2 is 1.41 bits per heavy atom. The molecule has 0 spiro atoms. The van der Waals surface area contributed by atoms with E-state index in [-0.39, 0.29) is 16.8 Å². The van der Waals surface area contributed by atoms with E-state index in [1.807, 2.05) is 12.1 Å². The van der Waals surface area contributed by atoms with Crippen molar-refractivity contribution in [3.63, 3.8) is 0 Å². The summed E-state index contributed by atoms with van der Waals surface area (Å²) in [5.41, 5.74) is 4.89. The number of aromatic nitrogens is 2. The number of carboxylic acids is 1. The first-order chi connectivity index (χ1) is 19.7. The van der Waals surface area contributed by atoms with Crippen molar-refractivity contribution in [2.45, 2.75) is 11.8 Å². The second-order valence-electron chi connectivity index (χ2n) is 9.05. The van der Waals surface area contributed by atoms with Crippen LogP contribution < -0.4 is 10.6 Å². The van der Waals surface area contributed by atoms with Gasteiger partial charge in [-0.1, -0.05) is 23.7 Å². The number of fused-ring (bicyclic) bond motifs is 1. The number of carboxylic acid groups (broad SMARTS) is 1. The molecule has 0 aliphatic heterocycles. The van der Waals surface area contributed by atoms with E-state index >= 15 is 0 Å². The summed E-state index contributed by atoms with van der Waals surface area (Å²) in [6, 6.07) is 21.0. The van der Waals surface area contributed by atoms with E-state index in [4.69, 9.17) is 34.8 Å². The number of amides is 2. The third kappa shape index (κ3) is 6.20. The fourth-order valence-electron chi connectivity index (χ4n) is 4.21. The highest BCUT2D eigenvalue weighted by Gasteiger charge is 2.18. The molecule has 8 nitrogen and oxygen atoms in total. The van der Waals surface area contributed by atoms with Crippen LogP contribution in [0.25, 0.3) is 22.4 Å². The van der Waals surface area contributed by atoms with E-state index in [0.717, 1.165) is 27.7 Å². The summed E-state index contributed by atoms with van der Waals surface area (Å²) >= 11 is 17.9. The Kier molecular flexibility index (Phi) is 8.26. The number of carbonyl (C=O) groups excluding carboxylic acids is 2. The van der Waals surface area contributed by atoms with Crippen LogP contribution in [-0.4, -0.2) is 32.9 Å². The van der Waals surface area contributed by atoms with Gasteiger partial charge in [-0.25, -0.2) is 9.78 Å². The standard InChI is InChI=1S/C30H21Cl3N4O4/c31-14-19-12-25-26(13-20(19)15-32)36-27(35-25)16-1-3-17(4-2-16)28(38)37-24-10-5-18(11-23(24)30(40)41)29(39)34-22-8-6-21(33)7-9-22/h1-13H,14-15H2,(H,34,39)(H,35,36)(H,37,38)(H,40,41). The van der Waals surface area contributed by atoms with Crippen molar-refractivity contribution in [1.29, 1.82) is 0 Å². The molecule has 5 aromatic rings. The zero-order chi connectivity index (χ0) is 29.1. The van der Waals surface area contributed by atoms with Crippen LogP contribution >= 0.6 is 34.8 Å². The number of nitrogens with zero attached hydrogens (tertiary/aromatic N) is 1. The Morgan fingerprint density at radius 3 is 2.07 bits per heavy atom. The van der Waals surface area contributed by atoms with Gasteiger partial charge in [-0.15, -0.1) is 23.2 Å². The number of hydrogen-bond acceptors (Lipinski definition) is 4. The predicted molar refractivity (Wildman–Crippen MR) is 161 cm³/mol. The SMILES string of the molecule is O=C(Nc1ccc(Cl)cc1)c1ccc(NC(=O)c2ccc(-c3nc4cc(CCl)c(CCl)cc4[nH]3)cc2)c(C(=O)O)c1. The number of H-pyrrole nitrogens is 1. The molecule has 2 amide bonds. The van der Waals surface area contributed by atoms with Gasteiger partial charge in [0.15, 0.2) is 0 Å². The second kappa shape index (κ2) is 12.0. The Labute approximate surface area is 249 Å². The monoisotopic (exact) mass is 606 g/mol. The number of benzene rings is 4. The maximum absolute atomic E-state index is 13.0. The van der Waals surface area contributed by atoms with Crippen molar-refractivity contribution in [2.75, 3.05) is 10.6 Å². The summed E-state index contributed by atoms with van der Waals surface area (Å²) < 4.78 is 0. The van der Waals surface area contributed by atoms with Crippen LogP contribution in [0, 0.1) is 0 Å². The fraction of sp³-hybridized carbons (Fsp3) is 0.0667. The van der Waals surface area contributed by atoms with Gasteiger partial charge in [0.2, 0.25) is 0 Å². The molecule has 0 saturated heterocycles. The average molecular weight is 608 g/mol. The van der Waals surface area contributed by atoms with Gasteiger partial charge in [-0.2, -0.15) is 0 Å². The number of carbonyl (C=O) groups is 3. The third-order valence-corrected chi connectivity index (χ3v) is 7.20. The molecule has 0 aliphatic rings. The Morgan fingerprint density at radius 1 is 0.780 bits per heavy atom. The van der Waals surface area contributed by atoms with Crippen LogP contribution in [0.15, 0.2) is 78.9 Å². The lowest BCUT2D eigenvalue weighted by atomic mass is 10.1. The van der Waals surface area contributed by atoms with Crippen molar-refractivity contribution in [1.82, 2.24) is 9.97 Å². The molecule has 5 rings (SSSR count). The molecular formula is C30H21Cl3N4O4. The van der Waals surface area contributed by atoms with Gasteiger partial charge in [0.05, 0.1) is 22.3 Å². The third-order valence-electron chi connectivity index (χ3n) is 6.37. The molecule has 0 atom stereocenters. The number of anilines is 2. The molecule has 1 aromatic heterocycles. The minimum atomic E-state index is -1.30. The minimum absolute atomic E-state index is 0.0529. The van der Waals surface area contributed by atoms with E-state index in [0.29, 0.717) is 33.9 Å². The van der Waals surface area contributed by atoms with Crippen molar-refractivity contribution in [2.24, 2.45) is 0 Å². The van der Waals surface area contributed by atoms with Gasteiger partial charge in [0, 0.05) is 39.2 Å². The first-order valence-corrected chi connectivity index (χ1v) is 13.7. The molecule has 0 aliphatic carbocycles.